The maximum atomic E-state index is 12.6. The molecule has 1 unspecified atom stereocenters. The van der Waals surface area contributed by atoms with Crippen molar-refractivity contribution in [1.82, 2.24) is 15.1 Å². The molecule has 114 valence electrons. The summed E-state index contributed by atoms with van der Waals surface area (Å²) in [6.07, 6.45) is 6.31. The SMILES string of the molecule is C#CCN(C(=O)c1n[nH]c(CC)c1N)C1CCS(=O)(=O)C1. The van der Waals surface area contributed by atoms with Crippen LogP contribution in [0.5, 0.6) is 0 Å². The molecule has 1 fully saturated rings. The van der Waals surface area contributed by atoms with Crippen LogP contribution in [0.15, 0.2) is 0 Å². The highest BCUT2D eigenvalue weighted by molar-refractivity contribution is 7.91. The molecule has 1 aromatic heterocycles. The molecule has 0 saturated carbocycles. The number of nitrogens with zero attached hydrogens (tertiary/aromatic N) is 2. The van der Waals surface area contributed by atoms with Gasteiger partial charge < -0.3 is 10.6 Å². The fourth-order valence-corrected chi connectivity index (χ4v) is 4.17. The lowest BCUT2D eigenvalue weighted by Gasteiger charge is -2.25. The number of carbonyl (C=O) groups excluding carboxylic acids is 1. The molecule has 1 aliphatic heterocycles. The molecule has 1 aromatic rings. The summed E-state index contributed by atoms with van der Waals surface area (Å²) < 4.78 is 23.2. The number of hydrogen-bond donors (Lipinski definition) is 2. The van der Waals surface area contributed by atoms with Crippen molar-refractivity contribution in [3.8, 4) is 12.3 Å². The van der Waals surface area contributed by atoms with Gasteiger partial charge in [-0.1, -0.05) is 12.8 Å². The molecule has 0 bridgehead atoms. The minimum atomic E-state index is -3.11. The van der Waals surface area contributed by atoms with Gasteiger partial charge in [0, 0.05) is 6.04 Å². The zero-order valence-corrected chi connectivity index (χ0v) is 12.6. The summed E-state index contributed by atoms with van der Waals surface area (Å²) in [4.78, 5) is 13.9. The van der Waals surface area contributed by atoms with Gasteiger partial charge in [0.15, 0.2) is 15.5 Å². The number of aromatic amines is 1. The first kappa shape index (κ1) is 15.4. The zero-order chi connectivity index (χ0) is 15.6. The quantitative estimate of drug-likeness (QED) is 0.750. The number of aryl methyl sites for hydroxylation is 1. The second-order valence-corrected chi connectivity index (χ2v) is 7.24. The largest absolute Gasteiger partial charge is 0.395 e. The van der Waals surface area contributed by atoms with Gasteiger partial charge in [-0.25, -0.2) is 8.42 Å². The standard InChI is InChI=1S/C13H18N4O3S/c1-3-6-17(9-5-7-21(19,20)8-9)13(18)12-11(14)10(4-2)15-16-12/h1,9H,4-8,14H2,2H3,(H,15,16). The van der Waals surface area contributed by atoms with E-state index in [2.05, 4.69) is 16.1 Å². The average Bonchev–Trinajstić information content (AvgIpc) is 2.98. The number of amides is 1. The molecule has 0 spiro atoms. The highest BCUT2D eigenvalue weighted by Crippen LogP contribution is 2.22. The number of nitrogen functional groups attached to an aromatic ring is 1. The van der Waals surface area contributed by atoms with E-state index in [0.29, 0.717) is 24.2 Å². The third kappa shape index (κ3) is 3.03. The normalized spacial score (nSPS) is 20.1. The third-order valence-electron chi connectivity index (χ3n) is 3.61. The van der Waals surface area contributed by atoms with Crippen LogP contribution in [0.25, 0.3) is 0 Å². The molecule has 1 saturated heterocycles. The first-order valence-corrected chi connectivity index (χ1v) is 8.49. The topological polar surface area (TPSA) is 109 Å². The van der Waals surface area contributed by atoms with Gasteiger partial charge in [-0.05, 0) is 12.8 Å². The van der Waals surface area contributed by atoms with E-state index in [0.717, 1.165) is 0 Å². The molecule has 1 amide bonds. The Kier molecular flexibility index (Phi) is 4.23. The van der Waals surface area contributed by atoms with Crippen LogP contribution in [-0.2, 0) is 16.3 Å². The van der Waals surface area contributed by atoms with Crippen molar-refractivity contribution < 1.29 is 13.2 Å². The van der Waals surface area contributed by atoms with Gasteiger partial charge in [-0.3, -0.25) is 9.89 Å². The van der Waals surface area contributed by atoms with Gasteiger partial charge in [0.05, 0.1) is 29.4 Å². The molecule has 1 atom stereocenters. The lowest BCUT2D eigenvalue weighted by atomic mass is 10.2. The summed E-state index contributed by atoms with van der Waals surface area (Å²) in [7, 11) is -3.11. The number of rotatable bonds is 4. The average molecular weight is 310 g/mol. The minimum Gasteiger partial charge on any atom is -0.395 e. The van der Waals surface area contributed by atoms with Crippen molar-refractivity contribution in [2.45, 2.75) is 25.8 Å². The van der Waals surface area contributed by atoms with Crippen LogP contribution in [-0.4, -0.2) is 53.5 Å². The smallest absolute Gasteiger partial charge is 0.277 e. The van der Waals surface area contributed by atoms with Crippen LogP contribution in [0.1, 0.15) is 29.5 Å². The van der Waals surface area contributed by atoms with E-state index in [-0.39, 0.29) is 23.7 Å². The van der Waals surface area contributed by atoms with Crippen LogP contribution in [0.4, 0.5) is 5.69 Å². The Hall–Kier alpha value is -2.01. The maximum Gasteiger partial charge on any atom is 0.277 e. The summed E-state index contributed by atoms with van der Waals surface area (Å²) in [5, 5.41) is 6.65. The van der Waals surface area contributed by atoms with Crippen LogP contribution >= 0.6 is 0 Å². The molecular formula is C13H18N4O3S. The molecule has 0 aliphatic carbocycles. The summed E-state index contributed by atoms with van der Waals surface area (Å²) in [6, 6.07) is -0.417. The predicted octanol–water partition coefficient (Wildman–Crippen LogP) is -0.183. The van der Waals surface area contributed by atoms with Gasteiger partial charge in [-0.2, -0.15) is 5.10 Å². The van der Waals surface area contributed by atoms with Gasteiger partial charge >= 0.3 is 0 Å². The summed E-state index contributed by atoms with van der Waals surface area (Å²) >= 11 is 0. The molecule has 2 heterocycles. The van der Waals surface area contributed by atoms with E-state index in [1.54, 1.807) is 0 Å². The Labute approximate surface area is 123 Å². The van der Waals surface area contributed by atoms with Crippen molar-refractivity contribution in [1.29, 1.82) is 0 Å². The number of terminal acetylenes is 1. The second-order valence-electron chi connectivity index (χ2n) is 5.01. The Morgan fingerprint density at radius 3 is 2.81 bits per heavy atom. The first-order chi connectivity index (χ1) is 9.89. The van der Waals surface area contributed by atoms with E-state index in [1.165, 1.54) is 4.90 Å². The molecule has 2 rings (SSSR count). The van der Waals surface area contributed by atoms with E-state index in [4.69, 9.17) is 12.2 Å². The predicted molar refractivity (Wildman–Crippen MR) is 79.3 cm³/mol. The van der Waals surface area contributed by atoms with Crippen LogP contribution in [0.2, 0.25) is 0 Å². The summed E-state index contributed by atoms with van der Waals surface area (Å²) in [5.74, 6) is 1.97. The maximum absolute atomic E-state index is 12.6. The lowest BCUT2D eigenvalue weighted by molar-refractivity contribution is 0.0719. The number of aromatic nitrogens is 2. The monoisotopic (exact) mass is 310 g/mol. The van der Waals surface area contributed by atoms with E-state index < -0.39 is 21.8 Å². The van der Waals surface area contributed by atoms with Crippen molar-refractivity contribution in [3.05, 3.63) is 11.4 Å². The Morgan fingerprint density at radius 2 is 2.33 bits per heavy atom. The van der Waals surface area contributed by atoms with Gasteiger partial charge in [0.25, 0.3) is 5.91 Å². The third-order valence-corrected chi connectivity index (χ3v) is 5.36. The zero-order valence-electron chi connectivity index (χ0n) is 11.8. The summed E-state index contributed by atoms with van der Waals surface area (Å²) in [5.41, 5.74) is 6.97. The first-order valence-electron chi connectivity index (χ1n) is 6.67. The van der Waals surface area contributed by atoms with Crippen molar-refractivity contribution in [3.63, 3.8) is 0 Å². The number of H-pyrrole nitrogens is 1. The van der Waals surface area contributed by atoms with Crippen molar-refractivity contribution >= 4 is 21.4 Å². The van der Waals surface area contributed by atoms with Crippen molar-refractivity contribution in [2.75, 3.05) is 23.8 Å². The van der Waals surface area contributed by atoms with E-state index in [1.807, 2.05) is 6.92 Å². The lowest BCUT2D eigenvalue weighted by Crippen LogP contribution is -2.41. The van der Waals surface area contributed by atoms with Crippen LogP contribution in [0.3, 0.4) is 0 Å². The molecular weight excluding hydrogens is 292 g/mol. The number of hydrogen-bond acceptors (Lipinski definition) is 5. The second kappa shape index (κ2) is 5.77. The Bertz CT molecular complexity index is 687. The number of carbonyl (C=O) groups is 1. The number of nitrogens with one attached hydrogen (secondary N) is 1. The van der Waals surface area contributed by atoms with Gasteiger partial charge in [0.1, 0.15) is 0 Å². The van der Waals surface area contributed by atoms with E-state index >= 15 is 0 Å². The van der Waals surface area contributed by atoms with Gasteiger partial charge in [-0.15, -0.1) is 6.42 Å². The Morgan fingerprint density at radius 1 is 1.62 bits per heavy atom. The highest BCUT2D eigenvalue weighted by atomic mass is 32.2. The van der Waals surface area contributed by atoms with Gasteiger partial charge in [0.2, 0.25) is 0 Å². The molecule has 8 heteroatoms. The van der Waals surface area contributed by atoms with Crippen molar-refractivity contribution in [2.24, 2.45) is 0 Å². The molecule has 1 aliphatic rings. The van der Waals surface area contributed by atoms with Crippen LogP contribution in [0, 0.1) is 12.3 Å². The molecule has 3 N–H and O–H groups in total. The fraction of sp³-hybridized carbons (Fsp3) is 0.538. The minimum absolute atomic E-state index is 0.0345. The number of anilines is 1. The number of sulfone groups is 1. The fourth-order valence-electron chi connectivity index (χ4n) is 2.44. The highest BCUT2D eigenvalue weighted by Gasteiger charge is 2.36. The number of nitrogens with two attached hydrogens (primary N) is 1. The van der Waals surface area contributed by atoms with Crippen LogP contribution < -0.4 is 5.73 Å². The molecule has 0 radical (unpaired) electrons. The summed E-state index contributed by atoms with van der Waals surface area (Å²) in [6.45, 7) is 1.92. The molecule has 21 heavy (non-hydrogen) atoms. The van der Waals surface area contributed by atoms with E-state index in [9.17, 15) is 13.2 Å². The Balaban J connectivity index is 2.28. The molecule has 7 nitrogen and oxygen atoms in total. The molecule has 0 aromatic carbocycles.